The third-order valence-corrected chi connectivity index (χ3v) is 5.43. The zero-order chi connectivity index (χ0) is 21.1. The zero-order valence-corrected chi connectivity index (χ0v) is 17.9. The Morgan fingerprint density at radius 1 is 0.926 bits per heavy atom. The highest BCUT2D eigenvalue weighted by Crippen LogP contribution is 2.39. The van der Waals surface area contributed by atoms with Gasteiger partial charge in [0, 0.05) is 67.7 Å². The summed E-state index contributed by atoms with van der Waals surface area (Å²) in [5, 5.41) is 0. The second-order valence-electron chi connectivity index (χ2n) is 7.88. The van der Waals surface area contributed by atoms with Crippen LogP contribution in [0, 0.1) is 5.41 Å². The molecule has 1 aliphatic rings. The van der Waals surface area contributed by atoms with Gasteiger partial charge in [-0.1, -0.05) is 13.8 Å². The summed E-state index contributed by atoms with van der Waals surface area (Å²) < 4.78 is 0. The second kappa shape index (κ2) is 8.63. The number of hydrogen-bond acceptors (Lipinski definition) is 4. The minimum atomic E-state index is -0.754. The van der Waals surface area contributed by atoms with Gasteiger partial charge in [0.05, 0.1) is 0 Å². The molecule has 0 atom stereocenters. The first-order valence-electron chi connectivity index (χ1n) is 9.32. The predicted octanol–water partition coefficient (Wildman–Crippen LogP) is 2.53. The topological polar surface area (TPSA) is 74.8 Å². The van der Waals surface area contributed by atoms with Gasteiger partial charge in [0.25, 0.3) is 0 Å². The van der Waals surface area contributed by atoms with E-state index >= 15 is 0 Å². The molecule has 2 amide bonds. The summed E-state index contributed by atoms with van der Waals surface area (Å²) in [6.45, 7) is 13.4. The summed E-state index contributed by atoms with van der Waals surface area (Å²) in [6, 6.07) is 0. The van der Waals surface area contributed by atoms with Crippen LogP contribution < -0.4 is 0 Å². The van der Waals surface area contributed by atoms with Crippen LogP contribution in [0.25, 0.3) is 0 Å². The van der Waals surface area contributed by atoms with Gasteiger partial charge in [-0.2, -0.15) is 0 Å². The highest BCUT2D eigenvalue weighted by Gasteiger charge is 2.38. The van der Waals surface area contributed by atoms with Crippen molar-refractivity contribution in [1.29, 1.82) is 0 Å². The van der Waals surface area contributed by atoms with Gasteiger partial charge in [-0.05, 0) is 27.7 Å². The van der Waals surface area contributed by atoms with Gasteiger partial charge in [-0.3, -0.25) is 19.2 Å². The van der Waals surface area contributed by atoms with Crippen molar-refractivity contribution < 1.29 is 19.2 Å². The van der Waals surface area contributed by atoms with Crippen molar-refractivity contribution in [2.45, 2.75) is 54.9 Å². The first-order valence-corrected chi connectivity index (χ1v) is 9.32. The van der Waals surface area contributed by atoms with Crippen LogP contribution in [-0.2, 0) is 19.2 Å². The molecular formula is C21H32N2O4. The maximum absolute atomic E-state index is 12.8. The summed E-state index contributed by atoms with van der Waals surface area (Å²) >= 11 is 0. The number of allylic oxidation sites excluding steroid dienone is 4. The highest BCUT2D eigenvalue weighted by molar-refractivity contribution is 6.25. The molecule has 1 rings (SSSR count). The highest BCUT2D eigenvalue weighted by atomic mass is 16.2. The molecule has 0 N–H and O–H groups in total. The Morgan fingerprint density at radius 3 is 1.93 bits per heavy atom. The lowest BCUT2D eigenvalue weighted by atomic mass is 9.71. The van der Waals surface area contributed by atoms with Crippen LogP contribution in [-0.4, -0.2) is 59.9 Å². The van der Waals surface area contributed by atoms with Crippen molar-refractivity contribution in [2.75, 3.05) is 26.7 Å². The van der Waals surface area contributed by atoms with Gasteiger partial charge in [-0.25, -0.2) is 0 Å². The Bertz CT molecular complexity index is 728. The molecule has 0 aliphatic heterocycles. The summed E-state index contributed by atoms with van der Waals surface area (Å²) in [7, 11) is 1.70. The molecule has 0 saturated carbocycles. The van der Waals surface area contributed by atoms with Crippen molar-refractivity contribution in [2.24, 2.45) is 5.41 Å². The molecule has 0 spiro atoms. The van der Waals surface area contributed by atoms with E-state index < -0.39 is 5.41 Å². The Morgan fingerprint density at radius 2 is 1.44 bits per heavy atom. The third-order valence-electron chi connectivity index (χ3n) is 5.43. The van der Waals surface area contributed by atoms with E-state index in [0.717, 1.165) is 0 Å². The lowest BCUT2D eigenvalue weighted by Gasteiger charge is -2.33. The normalized spacial score (nSPS) is 15.4. The van der Waals surface area contributed by atoms with E-state index in [1.165, 1.54) is 6.92 Å². The van der Waals surface area contributed by atoms with Crippen molar-refractivity contribution in [1.82, 2.24) is 9.80 Å². The lowest BCUT2D eigenvalue weighted by Crippen LogP contribution is -2.41. The number of ketones is 2. The third kappa shape index (κ3) is 4.93. The van der Waals surface area contributed by atoms with Crippen LogP contribution >= 0.6 is 0 Å². The maximum Gasteiger partial charge on any atom is 0.223 e. The molecule has 0 saturated heterocycles. The van der Waals surface area contributed by atoms with E-state index in [1.54, 1.807) is 37.6 Å². The lowest BCUT2D eigenvalue weighted by molar-refractivity contribution is -0.135. The SMILES string of the molecule is CCN(CCN(C)C(C)=O)C(=O)CC(C)(C)C1=C(C)C(=O)C(C)=C(C)C1=O. The van der Waals surface area contributed by atoms with Gasteiger partial charge in [0.1, 0.15) is 0 Å². The number of carbonyl (C=O) groups excluding carboxylic acids is 4. The van der Waals surface area contributed by atoms with Crippen molar-refractivity contribution in [3.63, 3.8) is 0 Å². The van der Waals surface area contributed by atoms with Gasteiger partial charge in [-0.15, -0.1) is 0 Å². The van der Waals surface area contributed by atoms with Crippen molar-refractivity contribution >= 4 is 23.4 Å². The van der Waals surface area contributed by atoms with E-state index in [0.29, 0.717) is 41.9 Å². The van der Waals surface area contributed by atoms with Crippen LogP contribution in [0.4, 0.5) is 0 Å². The number of likely N-dealkylation sites (N-methyl/N-ethyl adjacent to an activating group) is 2. The van der Waals surface area contributed by atoms with E-state index in [4.69, 9.17) is 0 Å². The van der Waals surface area contributed by atoms with E-state index in [2.05, 4.69) is 0 Å². The van der Waals surface area contributed by atoms with Gasteiger partial charge in [0.15, 0.2) is 11.6 Å². The summed E-state index contributed by atoms with van der Waals surface area (Å²) in [5.41, 5.74) is 1.04. The fourth-order valence-electron chi connectivity index (χ4n) is 3.37. The molecule has 0 aromatic carbocycles. The molecule has 0 aromatic heterocycles. The second-order valence-corrected chi connectivity index (χ2v) is 7.88. The minimum absolute atomic E-state index is 0.0523. The first-order chi connectivity index (χ1) is 12.3. The van der Waals surface area contributed by atoms with E-state index in [-0.39, 0.29) is 29.8 Å². The summed E-state index contributed by atoms with van der Waals surface area (Å²) in [4.78, 5) is 52.7. The molecule has 0 aromatic rings. The molecule has 6 heteroatoms. The van der Waals surface area contributed by atoms with Gasteiger partial charge in [0.2, 0.25) is 11.8 Å². The standard InChI is InChI=1S/C21H32N2O4/c1-9-23(11-10-22(8)16(5)24)17(25)12-21(6,7)18-15(4)19(26)13(2)14(3)20(18)27/h9-12H2,1-8H3. The number of carbonyl (C=O) groups is 4. The maximum atomic E-state index is 12.8. The molecule has 150 valence electrons. The Kier molecular flexibility index (Phi) is 7.29. The van der Waals surface area contributed by atoms with Gasteiger partial charge < -0.3 is 9.80 Å². The Balaban J connectivity index is 3.01. The van der Waals surface area contributed by atoms with Crippen LogP contribution in [0.3, 0.4) is 0 Å². The quantitative estimate of drug-likeness (QED) is 0.640. The first kappa shape index (κ1) is 22.8. The van der Waals surface area contributed by atoms with Crippen LogP contribution in [0.15, 0.2) is 22.3 Å². The number of amides is 2. The smallest absolute Gasteiger partial charge is 0.223 e. The van der Waals surface area contributed by atoms with Gasteiger partial charge >= 0.3 is 0 Å². The Hall–Kier alpha value is -2.24. The van der Waals surface area contributed by atoms with E-state index in [9.17, 15) is 19.2 Å². The fourth-order valence-corrected chi connectivity index (χ4v) is 3.37. The monoisotopic (exact) mass is 376 g/mol. The number of Topliss-reactive ketones (excluding diaryl/α,β-unsaturated/α-hetero) is 2. The zero-order valence-electron chi connectivity index (χ0n) is 17.9. The van der Waals surface area contributed by atoms with Crippen molar-refractivity contribution in [3.8, 4) is 0 Å². The Labute approximate surface area is 162 Å². The van der Waals surface area contributed by atoms with Crippen LogP contribution in [0.1, 0.15) is 54.9 Å². The number of nitrogens with zero attached hydrogens (tertiary/aromatic N) is 2. The molecule has 1 aliphatic carbocycles. The molecular weight excluding hydrogens is 344 g/mol. The van der Waals surface area contributed by atoms with Crippen LogP contribution in [0.5, 0.6) is 0 Å². The number of rotatable bonds is 7. The van der Waals surface area contributed by atoms with Crippen LogP contribution in [0.2, 0.25) is 0 Å². The average Bonchev–Trinajstić information content (AvgIpc) is 2.57. The summed E-state index contributed by atoms with van der Waals surface area (Å²) in [5.74, 6) is -0.424. The molecule has 0 unspecified atom stereocenters. The molecule has 0 fully saturated rings. The number of hydrogen-bond donors (Lipinski definition) is 0. The predicted molar refractivity (Wildman–Crippen MR) is 105 cm³/mol. The largest absolute Gasteiger partial charge is 0.344 e. The average molecular weight is 376 g/mol. The molecule has 6 nitrogen and oxygen atoms in total. The molecule has 0 heterocycles. The minimum Gasteiger partial charge on any atom is -0.344 e. The van der Waals surface area contributed by atoms with E-state index in [1.807, 2.05) is 20.8 Å². The molecule has 27 heavy (non-hydrogen) atoms. The summed E-state index contributed by atoms with van der Waals surface area (Å²) in [6.07, 6.45) is 0.128. The van der Waals surface area contributed by atoms with Crippen molar-refractivity contribution in [3.05, 3.63) is 22.3 Å². The molecule has 0 radical (unpaired) electrons. The fraction of sp³-hybridized carbons (Fsp3) is 0.619. The molecule has 0 bridgehead atoms.